The van der Waals surface area contributed by atoms with Crippen LogP contribution in [0.2, 0.25) is 0 Å². The Morgan fingerprint density at radius 2 is 1.54 bits per heavy atom. The zero-order valence-electron chi connectivity index (χ0n) is 15.9. The van der Waals surface area contributed by atoms with Crippen molar-refractivity contribution in [1.82, 2.24) is 5.32 Å². The van der Waals surface area contributed by atoms with E-state index in [4.69, 9.17) is 4.74 Å². The predicted molar refractivity (Wildman–Crippen MR) is 104 cm³/mol. The van der Waals surface area contributed by atoms with Crippen molar-refractivity contribution in [1.29, 1.82) is 0 Å². The van der Waals surface area contributed by atoms with Crippen LogP contribution in [0.3, 0.4) is 0 Å². The molecule has 26 heavy (non-hydrogen) atoms. The number of rotatable bonds is 5. The third-order valence-corrected chi connectivity index (χ3v) is 3.34. The summed E-state index contributed by atoms with van der Waals surface area (Å²) in [5, 5.41) is 5.73. The van der Waals surface area contributed by atoms with E-state index in [1.807, 2.05) is 40.7 Å². The summed E-state index contributed by atoms with van der Waals surface area (Å²) >= 11 is 0. The van der Waals surface area contributed by atoms with E-state index in [1.54, 1.807) is 42.5 Å². The highest BCUT2D eigenvalue weighted by molar-refractivity contribution is 6.05. The first-order valence-corrected chi connectivity index (χ1v) is 8.65. The number of hydrogen-bond donors (Lipinski definition) is 2. The highest BCUT2D eigenvalue weighted by Gasteiger charge is 2.16. The Hall–Kier alpha value is -2.82. The average Bonchev–Trinajstić information content (AvgIpc) is 2.53. The quantitative estimate of drug-likeness (QED) is 0.843. The van der Waals surface area contributed by atoms with Crippen LogP contribution < -0.4 is 15.4 Å². The Morgan fingerprint density at radius 3 is 2.15 bits per heavy atom. The van der Waals surface area contributed by atoms with Crippen molar-refractivity contribution in [2.75, 3.05) is 5.32 Å². The molecule has 2 N–H and O–H groups in total. The summed E-state index contributed by atoms with van der Waals surface area (Å²) in [6, 6.07) is 13.9. The van der Waals surface area contributed by atoms with Gasteiger partial charge in [-0.05, 0) is 71.0 Å². The first kappa shape index (κ1) is 19.5. The number of anilines is 1. The van der Waals surface area contributed by atoms with Crippen LogP contribution in [-0.2, 0) is 0 Å². The molecule has 0 aliphatic heterocycles. The summed E-state index contributed by atoms with van der Waals surface area (Å²) in [5.74, 6) is 0.208. The fourth-order valence-electron chi connectivity index (χ4n) is 2.34. The van der Waals surface area contributed by atoms with Gasteiger partial charge in [0.25, 0.3) is 11.8 Å². The van der Waals surface area contributed by atoms with E-state index in [1.165, 1.54) is 0 Å². The molecule has 138 valence electrons. The summed E-state index contributed by atoms with van der Waals surface area (Å²) in [4.78, 5) is 24.8. The fourth-order valence-corrected chi connectivity index (χ4v) is 2.34. The maximum atomic E-state index is 12.5. The second-order valence-corrected chi connectivity index (χ2v) is 7.43. The topological polar surface area (TPSA) is 67.4 Å². The number of ether oxygens (including phenoxy) is 1. The van der Waals surface area contributed by atoms with Crippen molar-refractivity contribution in [3.63, 3.8) is 0 Å². The molecule has 0 aliphatic carbocycles. The summed E-state index contributed by atoms with van der Waals surface area (Å²) in [7, 11) is 0. The van der Waals surface area contributed by atoms with Crippen LogP contribution in [0.4, 0.5) is 5.69 Å². The third kappa shape index (κ3) is 5.92. The van der Waals surface area contributed by atoms with Crippen LogP contribution in [0.25, 0.3) is 0 Å². The van der Waals surface area contributed by atoms with Gasteiger partial charge in [-0.25, -0.2) is 0 Å². The van der Waals surface area contributed by atoms with Gasteiger partial charge >= 0.3 is 0 Å². The van der Waals surface area contributed by atoms with Crippen LogP contribution in [0.5, 0.6) is 5.75 Å². The van der Waals surface area contributed by atoms with Gasteiger partial charge in [0.15, 0.2) is 0 Å². The van der Waals surface area contributed by atoms with Gasteiger partial charge in [-0.15, -0.1) is 0 Å². The van der Waals surface area contributed by atoms with Crippen LogP contribution in [0, 0.1) is 0 Å². The summed E-state index contributed by atoms with van der Waals surface area (Å²) in [5.41, 5.74) is 1.22. The van der Waals surface area contributed by atoms with Gasteiger partial charge in [0.05, 0.1) is 6.10 Å². The first-order chi connectivity index (χ1) is 12.1. The lowest BCUT2D eigenvalue weighted by Gasteiger charge is -2.20. The van der Waals surface area contributed by atoms with Crippen LogP contribution >= 0.6 is 0 Å². The van der Waals surface area contributed by atoms with E-state index in [2.05, 4.69) is 10.6 Å². The minimum Gasteiger partial charge on any atom is -0.491 e. The minimum atomic E-state index is -0.326. The van der Waals surface area contributed by atoms with E-state index >= 15 is 0 Å². The number of carbonyl (C=O) groups is 2. The predicted octanol–water partition coefficient (Wildman–Crippen LogP) is 4.25. The molecule has 0 bridgehead atoms. The molecular weight excluding hydrogens is 328 g/mol. The van der Waals surface area contributed by atoms with E-state index in [0.717, 1.165) is 0 Å². The molecule has 0 atom stereocenters. The molecule has 5 nitrogen and oxygen atoms in total. The highest BCUT2D eigenvalue weighted by atomic mass is 16.5. The van der Waals surface area contributed by atoms with Crippen molar-refractivity contribution in [3.05, 3.63) is 59.7 Å². The molecule has 0 aromatic heterocycles. The monoisotopic (exact) mass is 354 g/mol. The van der Waals surface area contributed by atoms with Crippen molar-refractivity contribution in [2.45, 2.75) is 46.3 Å². The van der Waals surface area contributed by atoms with E-state index < -0.39 is 0 Å². The molecule has 0 aliphatic rings. The van der Waals surface area contributed by atoms with Gasteiger partial charge in [0, 0.05) is 22.4 Å². The van der Waals surface area contributed by atoms with Crippen molar-refractivity contribution in [2.24, 2.45) is 0 Å². The third-order valence-electron chi connectivity index (χ3n) is 3.34. The smallest absolute Gasteiger partial charge is 0.255 e. The number of hydrogen-bond acceptors (Lipinski definition) is 3. The Balaban J connectivity index is 2.12. The lowest BCUT2D eigenvalue weighted by molar-refractivity contribution is 0.0918. The maximum absolute atomic E-state index is 12.5. The summed E-state index contributed by atoms with van der Waals surface area (Å²) in [6.07, 6.45) is 0.0336. The molecule has 2 amide bonds. The Labute approximate surface area is 154 Å². The zero-order chi connectivity index (χ0) is 19.3. The molecule has 5 heteroatoms. The molecule has 2 aromatic rings. The van der Waals surface area contributed by atoms with Gasteiger partial charge < -0.3 is 15.4 Å². The van der Waals surface area contributed by atoms with E-state index in [0.29, 0.717) is 22.6 Å². The molecule has 0 unspecified atom stereocenters. The highest BCUT2D eigenvalue weighted by Crippen LogP contribution is 2.17. The molecule has 0 radical (unpaired) electrons. The Morgan fingerprint density at radius 1 is 0.923 bits per heavy atom. The molecule has 0 saturated heterocycles. The lowest BCUT2D eigenvalue weighted by Crippen LogP contribution is -2.40. The molecule has 0 spiro atoms. The van der Waals surface area contributed by atoms with E-state index in [9.17, 15) is 9.59 Å². The van der Waals surface area contributed by atoms with Crippen molar-refractivity contribution in [3.8, 4) is 5.75 Å². The minimum absolute atomic E-state index is 0.0336. The fraction of sp³-hybridized carbons (Fsp3) is 0.333. The zero-order valence-corrected chi connectivity index (χ0v) is 15.9. The first-order valence-electron chi connectivity index (χ1n) is 8.65. The SMILES string of the molecule is CC(C)Oc1cccc(C(=O)Nc2cccc(C(=O)NC(C)(C)C)c2)c1. The molecule has 0 heterocycles. The van der Waals surface area contributed by atoms with Gasteiger partial charge in [-0.1, -0.05) is 12.1 Å². The number of amides is 2. The van der Waals surface area contributed by atoms with Gasteiger partial charge in [-0.3, -0.25) is 9.59 Å². The van der Waals surface area contributed by atoms with Crippen LogP contribution in [-0.4, -0.2) is 23.5 Å². The van der Waals surface area contributed by atoms with Crippen LogP contribution in [0.15, 0.2) is 48.5 Å². The van der Waals surface area contributed by atoms with Crippen molar-refractivity contribution >= 4 is 17.5 Å². The Bertz CT molecular complexity index is 792. The van der Waals surface area contributed by atoms with Gasteiger partial charge in [0.1, 0.15) is 5.75 Å². The molecule has 0 fully saturated rings. The second-order valence-electron chi connectivity index (χ2n) is 7.43. The number of nitrogens with one attached hydrogen (secondary N) is 2. The van der Waals surface area contributed by atoms with Gasteiger partial charge in [0.2, 0.25) is 0 Å². The molecule has 2 aromatic carbocycles. The standard InChI is InChI=1S/C21H26N2O3/c1-14(2)26-18-11-7-9-16(13-18)19(24)22-17-10-6-8-15(12-17)20(25)23-21(3,4)5/h6-14H,1-5H3,(H,22,24)(H,23,25). The van der Waals surface area contributed by atoms with Crippen molar-refractivity contribution < 1.29 is 14.3 Å². The second kappa shape index (κ2) is 8.04. The largest absolute Gasteiger partial charge is 0.491 e. The normalized spacial score (nSPS) is 11.2. The van der Waals surface area contributed by atoms with E-state index in [-0.39, 0.29) is 23.5 Å². The van der Waals surface area contributed by atoms with Gasteiger partial charge in [-0.2, -0.15) is 0 Å². The number of benzene rings is 2. The maximum Gasteiger partial charge on any atom is 0.255 e. The Kier molecular flexibility index (Phi) is 6.03. The van der Waals surface area contributed by atoms with Crippen LogP contribution in [0.1, 0.15) is 55.3 Å². The number of carbonyl (C=O) groups excluding carboxylic acids is 2. The lowest BCUT2D eigenvalue weighted by atomic mass is 10.1. The molecule has 0 saturated carbocycles. The molecule has 2 rings (SSSR count). The summed E-state index contributed by atoms with van der Waals surface area (Å²) < 4.78 is 5.62. The average molecular weight is 354 g/mol. The summed E-state index contributed by atoms with van der Waals surface area (Å²) in [6.45, 7) is 9.62. The molecular formula is C21H26N2O3.